The van der Waals surface area contributed by atoms with Crippen LogP contribution < -0.4 is 11.5 Å². The van der Waals surface area contributed by atoms with Crippen LogP contribution >= 0.6 is 0 Å². The van der Waals surface area contributed by atoms with Crippen LogP contribution in [0.4, 0.5) is 4.39 Å². The number of nitrogens with zero attached hydrogens (tertiary/aromatic N) is 1. The highest BCUT2D eigenvalue weighted by Crippen LogP contribution is 2.35. The zero-order valence-corrected chi connectivity index (χ0v) is 14.9. The van der Waals surface area contributed by atoms with Crippen LogP contribution in [0.25, 0.3) is 22.0 Å². The van der Waals surface area contributed by atoms with Crippen molar-refractivity contribution in [1.29, 1.82) is 0 Å². The molecule has 4 N–H and O–H groups in total. The molecule has 26 heavy (non-hydrogen) atoms. The normalized spacial score (nSPS) is 11.3. The molecule has 3 aromatic rings. The number of primary amides is 1. The molecule has 0 radical (unpaired) electrons. The van der Waals surface area contributed by atoms with Gasteiger partial charge in [0.2, 0.25) is 5.91 Å². The lowest BCUT2D eigenvalue weighted by Crippen LogP contribution is -2.12. The Hall–Kier alpha value is -2.79. The average molecular weight is 351 g/mol. The summed E-state index contributed by atoms with van der Waals surface area (Å²) in [6.45, 7) is 4.44. The topological polar surface area (TPSA) is 82.0 Å². The molecule has 1 aromatic heterocycles. The van der Waals surface area contributed by atoms with Crippen LogP contribution in [0.3, 0.4) is 0 Å². The number of rotatable bonds is 5. The van der Waals surface area contributed by atoms with Gasteiger partial charge in [-0.2, -0.15) is 0 Å². The Labute approximate surface area is 152 Å². The lowest BCUT2D eigenvalue weighted by molar-refractivity contribution is 0.100. The summed E-state index contributed by atoms with van der Waals surface area (Å²) in [5.41, 5.74) is 15.3. The number of carbonyl (C=O) groups is 1. The fraction of sp³-hybridized carbons (Fsp3) is 0.238. The molecule has 0 atom stereocenters. The van der Waals surface area contributed by atoms with E-state index in [1.165, 1.54) is 6.07 Å². The number of fused-ring (bicyclic) bond motifs is 1. The number of amides is 1. The molecule has 0 aliphatic carbocycles. The third-order valence-electron chi connectivity index (χ3n) is 4.40. The van der Waals surface area contributed by atoms with E-state index >= 15 is 0 Å². The highest BCUT2D eigenvalue weighted by atomic mass is 19.1. The molecule has 0 fully saturated rings. The number of nitrogens with two attached hydrogens (primary N) is 2. The van der Waals surface area contributed by atoms with Gasteiger partial charge in [-0.25, -0.2) is 4.39 Å². The quantitative estimate of drug-likeness (QED) is 0.733. The molecule has 134 valence electrons. The second-order valence-electron chi connectivity index (χ2n) is 6.79. The molecule has 0 aliphatic rings. The van der Waals surface area contributed by atoms with Crippen LogP contribution in [-0.4, -0.2) is 10.9 Å². The van der Waals surface area contributed by atoms with E-state index in [0.717, 1.165) is 17.7 Å². The van der Waals surface area contributed by atoms with Crippen LogP contribution in [-0.2, 0) is 13.0 Å². The third kappa shape index (κ3) is 3.30. The summed E-state index contributed by atoms with van der Waals surface area (Å²) < 4.78 is 14.6. The molecule has 0 saturated heterocycles. The molecule has 1 heterocycles. The standard InChI is InChI=1S/C21H22FN3O/c1-12(2)9-19-16(11-23)20(14-5-3-4-6-17(14)22)15-10-13(21(24)26)7-8-18(15)25-19/h3-8,10,12H,9,11,23H2,1-2H3,(H2,24,26). The van der Waals surface area contributed by atoms with E-state index in [1.54, 1.807) is 36.4 Å². The number of hydrogen-bond donors (Lipinski definition) is 2. The minimum absolute atomic E-state index is 0.232. The second-order valence-corrected chi connectivity index (χ2v) is 6.79. The number of carbonyl (C=O) groups excluding carboxylic acids is 1. The van der Waals surface area contributed by atoms with E-state index in [9.17, 15) is 9.18 Å². The van der Waals surface area contributed by atoms with Crippen molar-refractivity contribution in [3.63, 3.8) is 0 Å². The van der Waals surface area contributed by atoms with E-state index in [1.807, 2.05) is 0 Å². The average Bonchev–Trinajstić information content (AvgIpc) is 2.60. The van der Waals surface area contributed by atoms with E-state index in [-0.39, 0.29) is 12.4 Å². The van der Waals surface area contributed by atoms with Gasteiger partial charge in [0.15, 0.2) is 0 Å². The Kier molecular flexibility index (Phi) is 5.00. The zero-order chi connectivity index (χ0) is 18.8. The molecule has 5 heteroatoms. The van der Waals surface area contributed by atoms with Crippen LogP contribution in [0.15, 0.2) is 42.5 Å². The monoisotopic (exact) mass is 351 g/mol. The largest absolute Gasteiger partial charge is 0.366 e. The van der Waals surface area contributed by atoms with Gasteiger partial charge in [-0.1, -0.05) is 32.0 Å². The van der Waals surface area contributed by atoms with Crippen molar-refractivity contribution in [3.05, 3.63) is 65.1 Å². The Morgan fingerprint density at radius 2 is 1.92 bits per heavy atom. The molecule has 4 nitrogen and oxygen atoms in total. The highest BCUT2D eigenvalue weighted by Gasteiger charge is 2.19. The first-order chi connectivity index (χ1) is 12.4. The molecule has 0 bridgehead atoms. The molecule has 3 rings (SSSR count). The van der Waals surface area contributed by atoms with Gasteiger partial charge in [-0.05, 0) is 42.2 Å². The Bertz CT molecular complexity index is 982. The lowest BCUT2D eigenvalue weighted by atomic mass is 9.90. The van der Waals surface area contributed by atoms with Crippen LogP contribution in [0, 0.1) is 11.7 Å². The predicted octanol–water partition coefficient (Wildman–Crippen LogP) is 3.80. The fourth-order valence-electron chi connectivity index (χ4n) is 3.25. The summed E-state index contributed by atoms with van der Waals surface area (Å²) in [7, 11) is 0. The van der Waals surface area contributed by atoms with Crippen molar-refractivity contribution >= 4 is 16.8 Å². The van der Waals surface area contributed by atoms with Gasteiger partial charge >= 0.3 is 0 Å². The van der Waals surface area contributed by atoms with Gasteiger partial charge in [-0.3, -0.25) is 9.78 Å². The summed E-state index contributed by atoms with van der Waals surface area (Å²) in [5, 5.41) is 0.680. The first kappa shape index (κ1) is 18.0. The van der Waals surface area contributed by atoms with Gasteiger partial charge in [-0.15, -0.1) is 0 Å². The van der Waals surface area contributed by atoms with Gasteiger partial charge in [0.1, 0.15) is 5.82 Å². The lowest BCUT2D eigenvalue weighted by Gasteiger charge is -2.18. The molecule has 2 aromatic carbocycles. The van der Waals surface area contributed by atoms with Gasteiger partial charge in [0.05, 0.1) is 5.52 Å². The molecular weight excluding hydrogens is 329 g/mol. The van der Waals surface area contributed by atoms with Crippen LogP contribution in [0.2, 0.25) is 0 Å². The van der Waals surface area contributed by atoms with Gasteiger partial charge in [0, 0.05) is 34.3 Å². The molecule has 0 spiro atoms. The second kappa shape index (κ2) is 7.22. The van der Waals surface area contributed by atoms with E-state index in [0.29, 0.717) is 33.5 Å². The number of halogens is 1. The van der Waals surface area contributed by atoms with Crippen molar-refractivity contribution in [1.82, 2.24) is 4.98 Å². The van der Waals surface area contributed by atoms with E-state index < -0.39 is 5.91 Å². The van der Waals surface area contributed by atoms with Crippen LogP contribution in [0.1, 0.15) is 35.5 Å². The Balaban J connectivity index is 2.44. The Morgan fingerprint density at radius 3 is 2.54 bits per heavy atom. The molecule has 1 amide bonds. The maximum atomic E-state index is 14.6. The first-order valence-electron chi connectivity index (χ1n) is 8.62. The maximum absolute atomic E-state index is 14.6. The van der Waals surface area contributed by atoms with Crippen molar-refractivity contribution in [2.75, 3.05) is 0 Å². The summed E-state index contributed by atoms with van der Waals surface area (Å²) in [5.74, 6) is -0.495. The minimum Gasteiger partial charge on any atom is -0.366 e. The third-order valence-corrected chi connectivity index (χ3v) is 4.40. The van der Waals surface area contributed by atoms with Crippen molar-refractivity contribution < 1.29 is 9.18 Å². The highest BCUT2D eigenvalue weighted by molar-refractivity contribution is 6.02. The Morgan fingerprint density at radius 1 is 1.19 bits per heavy atom. The molecule has 0 aliphatic heterocycles. The molecular formula is C21H22FN3O. The summed E-state index contributed by atoms with van der Waals surface area (Å²) in [6, 6.07) is 11.6. The minimum atomic E-state index is -0.535. The summed E-state index contributed by atoms with van der Waals surface area (Å²) >= 11 is 0. The van der Waals surface area contributed by atoms with E-state index in [4.69, 9.17) is 16.5 Å². The number of hydrogen-bond acceptors (Lipinski definition) is 3. The van der Waals surface area contributed by atoms with Crippen molar-refractivity contribution in [2.45, 2.75) is 26.8 Å². The maximum Gasteiger partial charge on any atom is 0.248 e. The molecule has 0 saturated carbocycles. The van der Waals surface area contributed by atoms with E-state index in [2.05, 4.69) is 13.8 Å². The first-order valence-corrected chi connectivity index (χ1v) is 8.62. The smallest absolute Gasteiger partial charge is 0.248 e. The summed E-state index contributed by atoms with van der Waals surface area (Å²) in [6.07, 6.45) is 0.738. The zero-order valence-electron chi connectivity index (χ0n) is 14.9. The van der Waals surface area contributed by atoms with Crippen LogP contribution in [0.5, 0.6) is 0 Å². The van der Waals surface area contributed by atoms with Gasteiger partial charge < -0.3 is 11.5 Å². The summed E-state index contributed by atoms with van der Waals surface area (Å²) in [4.78, 5) is 16.4. The fourth-order valence-corrected chi connectivity index (χ4v) is 3.25. The van der Waals surface area contributed by atoms with Gasteiger partial charge in [0.25, 0.3) is 0 Å². The molecule has 0 unspecified atom stereocenters. The SMILES string of the molecule is CC(C)Cc1nc2ccc(C(N)=O)cc2c(-c2ccccc2F)c1CN. The number of benzene rings is 2. The number of pyridine rings is 1. The van der Waals surface area contributed by atoms with Crippen molar-refractivity contribution in [2.24, 2.45) is 17.4 Å². The van der Waals surface area contributed by atoms with Crippen molar-refractivity contribution in [3.8, 4) is 11.1 Å². The number of aromatic nitrogens is 1. The predicted molar refractivity (Wildman–Crippen MR) is 102 cm³/mol.